The van der Waals surface area contributed by atoms with E-state index in [1.54, 1.807) is 19.1 Å². The number of nitrogens with zero attached hydrogens (tertiary/aromatic N) is 2. The van der Waals surface area contributed by atoms with Gasteiger partial charge in [-0.3, -0.25) is 4.79 Å². The lowest BCUT2D eigenvalue weighted by atomic mass is 9.92. The van der Waals surface area contributed by atoms with E-state index in [1.807, 2.05) is 32.0 Å². The first-order valence-electron chi connectivity index (χ1n) is 11.2. The van der Waals surface area contributed by atoms with Gasteiger partial charge < -0.3 is 20.3 Å². The number of anilines is 2. The van der Waals surface area contributed by atoms with E-state index in [4.69, 9.17) is 0 Å². The van der Waals surface area contributed by atoms with E-state index in [0.29, 0.717) is 16.9 Å². The van der Waals surface area contributed by atoms with Crippen LogP contribution >= 0.6 is 0 Å². The predicted molar refractivity (Wildman–Crippen MR) is 128 cm³/mol. The number of aryl methyl sites for hydroxylation is 1. The number of halogens is 3. The van der Waals surface area contributed by atoms with Crippen LogP contribution < -0.4 is 5.32 Å². The highest BCUT2D eigenvalue weighted by atomic mass is 19.2. The van der Waals surface area contributed by atoms with E-state index in [1.165, 1.54) is 17.0 Å². The van der Waals surface area contributed by atoms with Crippen LogP contribution in [-0.2, 0) is 5.60 Å². The van der Waals surface area contributed by atoms with E-state index in [2.05, 4.69) is 15.3 Å². The largest absolute Gasteiger partial charge is 0.378 e. The molecule has 0 aliphatic carbocycles. The summed E-state index contributed by atoms with van der Waals surface area (Å²) in [5, 5.41) is 13.4. The Morgan fingerprint density at radius 3 is 2.46 bits per heavy atom. The van der Waals surface area contributed by atoms with E-state index in [0.717, 1.165) is 17.6 Å². The highest BCUT2D eigenvalue weighted by molar-refractivity contribution is 6.01. The molecular weight excluding hydrogens is 457 g/mol. The Labute approximate surface area is 200 Å². The van der Waals surface area contributed by atoms with E-state index in [9.17, 15) is 23.1 Å². The number of rotatable bonds is 4. The second-order valence-electron chi connectivity index (χ2n) is 8.19. The molecule has 4 aromatic rings. The van der Waals surface area contributed by atoms with Crippen molar-refractivity contribution in [2.24, 2.45) is 0 Å². The van der Waals surface area contributed by atoms with Crippen LogP contribution in [0.15, 0.2) is 54.6 Å². The van der Waals surface area contributed by atoms with Crippen LogP contribution in [0.4, 0.5) is 24.5 Å². The minimum Gasteiger partial charge on any atom is -0.378 e. The quantitative estimate of drug-likeness (QED) is 0.364. The van der Waals surface area contributed by atoms with Gasteiger partial charge in [-0.05, 0) is 48.9 Å². The highest BCUT2D eigenvalue weighted by Gasteiger charge is 2.48. The Morgan fingerprint density at radius 2 is 1.77 bits per heavy atom. The maximum atomic E-state index is 14.6. The summed E-state index contributed by atoms with van der Waals surface area (Å²) in [6, 6.07) is 13.5. The third-order valence-corrected chi connectivity index (χ3v) is 5.73. The van der Waals surface area contributed by atoms with Crippen LogP contribution in [0.25, 0.3) is 11.0 Å². The number of H-pyrrole nitrogens is 1. The summed E-state index contributed by atoms with van der Waals surface area (Å²) < 4.78 is 42.9. The highest BCUT2D eigenvalue weighted by Crippen LogP contribution is 2.35. The Bertz CT molecular complexity index is 1360. The number of benzene rings is 3. The van der Waals surface area contributed by atoms with Crippen LogP contribution in [0.5, 0.6) is 0 Å². The van der Waals surface area contributed by atoms with Gasteiger partial charge in [0.1, 0.15) is 11.6 Å². The van der Waals surface area contributed by atoms with Crippen LogP contribution in [0.1, 0.15) is 35.6 Å². The molecule has 0 unspecified atom stereocenters. The summed E-state index contributed by atoms with van der Waals surface area (Å²) in [5.41, 5.74) is -0.0662. The van der Waals surface area contributed by atoms with Gasteiger partial charge in [0, 0.05) is 0 Å². The Kier molecular flexibility index (Phi) is 6.53. The maximum Gasteiger partial charge on any atom is 0.256 e. The van der Waals surface area contributed by atoms with Crippen LogP contribution in [-0.4, -0.2) is 39.0 Å². The number of fused-ring (bicyclic) bond motifs is 1. The van der Waals surface area contributed by atoms with Crippen LogP contribution in [0, 0.1) is 24.4 Å². The summed E-state index contributed by atoms with van der Waals surface area (Å²) in [6.45, 7) is 5.50. The number of hydrogen-bond donors (Lipinski definition) is 3. The Hall–Kier alpha value is -3.85. The van der Waals surface area contributed by atoms with Gasteiger partial charge >= 0.3 is 0 Å². The van der Waals surface area contributed by atoms with Gasteiger partial charge in [-0.25, -0.2) is 18.2 Å². The van der Waals surface area contributed by atoms with Crippen molar-refractivity contribution in [3.05, 3.63) is 89.0 Å². The summed E-state index contributed by atoms with van der Waals surface area (Å²) in [6.07, 6.45) is 0. The van der Waals surface area contributed by atoms with E-state index >= 15 is 0 Å². The number of aromatic amines is 1. The number of carbonyl (C=O) groups excluding carboxylic acids is 1. The molecule has 0 spiro atoms. The van der Waals surface area contributed by atoms with Crippen molar-refractivity contribution in [2.75, 3.05) is 18.4 Å². The number of carbonyl (C=O) groups is 1. The number of amides is 1. The zero-order valence-corrected chi connectivity index (χ0v) is 19.5. The second kappa shape index (κ2) is 9.42. The number of hydrogen-bond acceptors (Lipinski definition) is 4. The number of likely N-dealkylation sites (tertiary alicyclic amines) is 1. The molecule has 3 N–H and O–H groups in total. The molecule has 1 saturated heterocycles. The zero-order chi connectivity index (χ0) is 25.3. The molecule has 0 bridgehead atoms. The smallest absolute Gasteiger partial charge is 0.256 e. The number of β-amino-alcohol motifs (C(OH)–C–C–N with tert-alkyl or cyclic N) is 1. The van der Waals surface area contributed by atoms with Crippen molar-refractivity contribution in [2.45, 2.75) is 26.4 Å². The standard InChI is InChI=1S/C24H19F3N4O2.C2H6/c1-13-6-9-17(16(26)10-13)28-21-14(7-8-15(25)20(21)27)22(32)31-11-24(33,12-31)23-29-18-4-2-3-5-19(18)30-23;1-2/h2-10,28,33H,11-12H2,1H3,(H,29,30);1-2H3. The molecule has 5 rings (SSSR count). The van der Waals surface area contributed by atoms with E-state index in [-0.39, 0.29) is 24.3 Å². The lowest BCUT2D eigenvalue weighted by Gasteiger charge is -2.45. The molecule has 1 fully saturated rings. The molecule has 182 valence electrons. The second-order valence-corrected chi connectivity index (χ2v) is 8.19. The van der Waals surface area contributed by atoms with Gasteiger partial charge in [0.25, 0.3) is 5.91 Å². The Morgan fingerprint density at radius 1 is 1.06 bits per heavy atom. The van der Waals surface area contributed by atoms with Gasteiger partial charge in [0.15, 0.2) is 17.2 Å². The minimum atomic E-state index is -1.40. The van der Waals surface area contributed by atoms with Gasteiger partial charge in [-0.1, -0.05) is 32.0 Å². The molecule has 9 heteroatoms. The monoisotopic (exact) mass is 482 g/mol. The third-order valence-electron chi connectivity index (χ3n) is 5.73. The first-order chi connectivity index (χ1) is 16.7. The lowest BCUT2D eigenvalue weighted by Crippen LogP contribution is -2.61. The predicted octanol–water partition coefficient (Wildman–Crippen LogP) is 5.40. The molecule has 35 heavy (non-hydrogen) atoms. The number of nitrogens with one attached hydrogen (secondary N) is 2. The third kappa shape index (κ3) is 4.46. The van der Waals surface area contributed by atoms with Crippen LogP contribution in [0.3, 0.4) is 0 Å². The SMILES string of the molecule is CC.Cc1ccc(Nc2c(C(=O)N3CC(O)(c4nc5ccccc5[nH]4)C3)ccc(F)c2F)c(F)c1. The molecule has 0 radical (unpaired) electrons. The van der Waals surface area contributed by atoms with Crippen molar-refractivity contribution in [3.63, 3.8) is 0 Å². The average Bonchev–Trinajstić information content (AvgIpc) is 3.27. The molecule has 1 aliphatic heterocycles. The molecule has 6 nitrogen and oxygen atoms in total. The molecule has 1 aliphatic rings. The van der Waals surface area contributed by atoms with Crippen molar-refractivity contribution in [1.29, 1.82) is 0 Å². The van der Waals surface area contributed by atoms with E-state index < -0.39 is 34.6 Å². The summed E-state index contributed by atoms with van der Waals surface area (Å²) in [7, 11) is 0. The zero-order valence-electron chi connectivity index (χ0n) is 19.5. The normalized spacial score (nSPS) is 14.2. The van der Waals surface area contributed by atoms with Gasteiger partial charge in [-0.2, -0.15) is 0 Å². The fourth-order valence-corrected chi connectivity index (χ4v) is 3.93. The average molecular weight is 483 g/mol. The van der Waals surface area contributed by atoms with Crippen molar-refractivity contribution in [3.8, 4) is 0 Å². The molecule has 1 aromatic heterocycles. The first-order valence-corrected chi connectivity index (χ1v) is 11.2. The topological polar surface area (TPSA) is 81.2 Å². The first kappa shape index (κ1) is 24.3. The van der Waals surface area contributed by atoms with Gasteiger partial charge in [0.05, 0.1) is 41.1 Å². The van der Waals surface area contributed by atoms with Crippen molar-refractivity contribution in [1.82, 2.24) is 14.9 Å². The van der Waals surface area contributed by atoms with Crippen LogP contribution in [0.2, 0.25) is 0 Å². The maximum absolute atomic E-state index is 14.6. The molecule has 1 amide bonds. The molecule has 3 aromatic carbocycles. The molecular formula is C26H25F3N4O2. The molecule has 0 atom stereocenters. The minimum absolute atomic E-state index is 0.0943. The number of aliphatic hydroxyl groups is 1. The number of aromatic nitrogens is 2. The Balaban J connectivity index is 0.00000141. The van der Waals surface area contributed by atoms with Crippen molar-refractivity contribution >= 4 is 28.3 Å². The van der Waals surface area contributed by atoms with Gasteiger partial charge in [-0.15, -0.1) is 0 Å². The number of para-hydroxylation sites is 2. The lowest BCUT2D eigenvalue weighted by molar-refractivity contribution is -0.0915. The summed E-state index contributed by atoms with van der Waals surface area (Å²) in [4.78, 5) is 21.8. The summed E-state index contributed by atoms with van der Waals surface area (Å²) in [5.74, 6) is -3.46. The van der Waals surface area contributed by atoms with Crippen molar-refractivity contribution < 1.29 is 23.1 Å². The molecule has 2 heterocycles. The summed E-state index contributed by atoms with van der Waals surface area (Å²) >= 11 is 0. The number of imidazole rings is 1. The van der Waals surface area contributed by atoms with Gasteiger partial charge in [0.2, 0.25) is 0 Å². The fourth-order valence-electron chi connectivity index (χ4n) is 3.93. The fraction of sp³-hybridized carbons (Fsp3) is 0.231. The molecule has 0 saturated carbocycles.